The zero-order valence-electron chi connectivity index (χ0n) is 11.1. The number of nitrogens with two attached hydrogens (primary N) is 1. The van der Waals surface area contributed by atoms with Gasteiger partial charge in [-0.05, 0) is 55.4 Å². The van der Waals surface area contributed by atoms with Crippen molar-refractivity contribution in [1.82, 2.24) is 4.90 Å². The second-order valence-corrected chi connectivity index (χ2v) is 6.27. The number of benzene rings is 1. The van der Waals surface area contributed by atoms with Gasteiger partial charge in [0.05, 0.1) is 0 Å². The molecule has 102 valence electrons. The lowest BCUT2D eigenvalue weighted by Gasteiger charge is -2.17. The molecule has 2 fully saturated rings. The van der Waals surface area contributed by atoms with Gasteiger partial charge in [0.2, 0.25) is 0 Å². The Morgan fingerprint density at radius 1 is 1.37 bits per heavy atom. The summed E-state index contributed by atoms with van der Waals surface area (Å²) in [5.74, 6) is 1.34. The van der Waals surface area contributed by atoms with Crippen molar-refractivity contribution in [2.75, 3.05) is 13.1 Å². The van der Waals surface area contributed by atoms with Gasteiger partial charge in [0.25, 0.3) is 5.91 Å². The molecule has 4 heteroatoms. The second kappa shape index (κ2) is 4.80. The molecule has 0 bridgehead atoms. The third-order valence-corrected chi connectivity index (χ3v) is 4.58. The summed E-state index contributed by atoms with van der Waals surface area (Å²) < 4.78 is 0. The Morgan fingerprint density at radius 3 is 2.74 bits per heavy atom. The van der Waals surface area contributed by atoms with E-state index in [1.165, 1.54) is 12.8 Å². The Labute approximate surface area is 118 Å². The summed E-state index contributed by atoms with van der Waals surface area (Å²) in [6.07, 6.45) is 2.56. The Morgan fingerprint density at radius 2 is 2.11 bits per heavy atom. The average Bonchev–Trinajstić information content (AvgIpc) is 3.12. The van der Waals surface area contributed by atoms with Crippen LogP contribution < -0.4 is 5.73 Å². The van der Waals surface area contributed by atoms with Gasteiger partial charge in [-0.2, -0.15) is 0 Å². The molecular formula is C15H19ClN2O. The van der Waals surface area contributed by atoms with E-state index in [0.29, 0.717) is 17.5 Å². The SMILES string of the molecule is Cc1cc(Cl)ccc1C(=O)N1C[C@H](C2CC2)[C@@H](N)C1. The minimum absolute atomic E-state index is 0.0905. The molecule has 0 unspecified atom stereocenters. The zero-order chi connectivity index (χ0) is 13.6. The van der Waals surface area contributed by atoms with E-state index < -0.39 is 0 Å². The number of carbonyl (C=O) groups is 1. The fourth-order valence-electron chi connectivity index (χ4n) is 3.08. The fraction of sp³-hybridized carbons (Fsp3) is 0.533. The maximum Gasteiger partial charge on any atom is 0.254 e. The highest BCUT2D eigenvalue weighted by Gasteiger charge is 2.42. The molecule has 0 aromatic heterocycles. The van der Waals surface area contributed by atoms with Gasteiger partial charge in [-0.25, -0.2) is 0 Å². The number of rotatable bonds is 2. The Balaban J connectivity index is 1.77. The molecule has 1 aromatic rings. The number of halogens is 1. The first-order valence-corrected chi connectivity index (χ1v) is 7.25. The molecule has 1 saturated heterocycles. The van der Waals surface area contributed by atoms with Gasteiger partial charge in [0.15, 0.2) is 0 Å². The molecule has 0 spiro atoms. The van der Waals surface area contributed by atoms with Crippen LogP contribution in [-0.4, -0.2) is 29.9 Å². The maximum atomic E-state index is 12.5. The Bertz CT molecular complexity index is 513. The molecule has 1 aliphatic carbocycles. The van der Waals surface area contributed by atoms with Crippen molar-refractivity contribution in [3.05, 3.63) is 34.3 Å². The summed E-state index contributed by atoms with van der Waals surface area (Å²) in [7, 11) is 0. The van der Waals surface area contributed by atoms with Crippen LogP contribution in [0.2, 0.25) is 5.02 Å². The predicted octanol–water partition coefficient (Wildman–Crippen LogP) is 2.46. The van der Waals surface area contributed by atoms with Crippen molar-refractivity contribution in [3.63, 3.8) is 0 Å². The van der Waals surface area contributed by atoms with Crippen molar-refractivity contribution in [1.29, 1.82) is 0 Å². The topological polar surface area (TPSA) is 46.3 Å². The molecule has 3 nitrogen and oxygen atoms in total. The minimum Gasteiger partial charge on any atom is -0.337 e. The van der Waals surface area contributed by atoms with Gasteiger partial charge in [-0.1, -0.05) is 11.6 Å². The van der Waals surface area contributed by atoms with Crippen molar-refractivity contribution in [2.24, 2.45) is 17.6 Å². The largest absolute Gasteiger partial charge is 0.337 e. The van der Waals surface area contributed by atoms with Crippen molar-refractivity contribution < 1.29 is 4.79 Å². The standard InChI is InChI=1S/C15H19ClN2O/c1-9-6-11(16)4-5-12(9)15(19)18-7-13(10-2-3-10)14(17)8-18/h4-6,10,13-14H,2-3,7-8,17H2,1H3/t13-,14+/m1/s1. The predicted molar refractivity (Wildman–Crippen MR) is 76.3 cm³/mol. The molecule has 1 aliphatic heterocycles. The van der Waals surface area contributed by atoms with Gasteiger partial charge >= 0.3 is 0 Å². The van der Waals surface area contributed by atoms with Crippen LogP contribution >= 0.6 is 11.6 Å². The van der Waals surface area contributed by atoms with E-state index in [1.807, 2.05) is 24.0 Å². The van der Waals surface area contributed by atoms with Crippen LogP contribution in [0.25, 0.3) is 0 Å². The number of hydrogen-bond donors (Lipinski definition) is 1. The maximum absolute atomic E-state index is 12.5. The molecule has 1 saturated carbocycles. The number of likely N-dealkylation sites (tertiary alicyclic amines) is 1. The number of hydrogen-bond acceptors (Lipinski definition) is 2. The summed E-state index contributed by atoms with van der Waals surface area (Å²) >= 11 is 5.93. The highest BCUT2D eigenvalue weighted by molar-refractivity contribution is 6.30. The Hall–Kier alpha value is -1.06. The van der Waals surface area contributed by atoms with Crippen molar-refractivity contribution >= 4 is 17.5 Å². The summed E-state index contributed by atoms with van der Waals surface area (Å²) in [5, 5.41) is 0.669. The normalized spacial score (nSPS) is 26.8. The molecule has 2 N–H and O–H groups in total. The fourth-order valence-corrected chi connectivity index (χ4v) is 3.31. The van der Waals surface area contributed by atoms with E-state index in [1.54, 1.807) is 6.07 Å². The third kappa shape index (κ3) is 2.49. The first-order chi connectivity index (χ1) is 9.06. The summed E-state index contributed by atoms with van der Waals surface area (Å²) in [4.78, 5) is 14.4. The lowest BCUT2D eigenvalue weighted by Crippen LogP contribution is -2.32. The minimum atomic E-state index is 0.0905. The van der Waals surface area contributed by atoms with Crippen LogP contribution in [0.5, 0.6) is 0 Å². The highest BCUT2D eigenvalue weighted by Crippen LogP contribution is 2.41. The first-order valence-electron chi connectivity index (χ1n) is 6.87. The monoisotopic (exact) mass is 278 g/mol. The molecule has 1 aromatic carbocycles. The van der Waals surface area contributed by atoms with Crippen LogP contribution in [0.15, 0.2) is 18.2 Å². The van der Waals surface area contributed by atoms with E-state index in [9.17, 15) is 4.79 Å². The summed E-state index contributed by atoms with van der Waals surface area (Å²) in [6.45, 7) is 3.42. The van der Waals surface area contributed by atoms with E-state index in [0.717, 1.165) is 23.6 Å². The number of amides is 1. The van der Waals surface area contributed by atoms with E-state index >= 15 is 0 Å². The van der Waals surface area contributed by atoms with Gasteiger partial charge in [0, 0.05) is 29.7 Å². The molecule has 2 aliphatic rings. The quantitative estimate of drug-likeness (QED) is 0.903. The van der Waals surface area contributed by atoms with Crippen molar-refractivity contribution in [3.8, 4) is 0 Å². The van der Waals surface area contributed by atoms with E-state index in [2.05, 4.69) is 0 Å². The number of aryl methyl sites for hydroxylation is 1. The van der Waals surface area contributed by atoms with Crippen LogP contribution in [0.3, 0.4) is 0 Å². The average molecular weight is 279 g/mol. The Kier molecular flexibility index (Phi) is 3.27. The molecule has 19 heavy (non-hydrogen) atoms. The molecule has 2 atom stereocenters. The summed E-state index contributed by atoms with van der Waals surface area (Å²) in [6, 6.07) is 5.57. The molecule has 1 heterocycles. The number of carbonyl (C=O) groups excluding carboxylic acids is 1. The second-order valence-electron chi connectivity index (χ2n) is 5.83. The van der Waals surface area contributed by atoms with Crippen LogP contribution in [0, 0.1) is 18.8 Å². The summed E-state index contributed by atoms with van der Waals surface area (Å²) in [5.41, 5.74) is 7.85. The lowest BCUT2D eigenvalue weighted by molar-refractivity contribution is 0.0784. The van der Waals surface area contributed by atoms with E-state index in [4.69, 9.17) is 17.3 Å². The van der Waals surface area contributed by atoms with Gasteiger partial charge in [0.1, 0.15) is 0 Å². The van der Waals surface area contributed by atoms with E-state index in [-0.39, 0.29) is 11.9 Å². The molecular weight excluding hydrogens is 260 g/mol. The van der Waals surface area contributed by atoms with Gasteiger partial charge < -0.3 is 10.6 Å². The molecule has 3 rings (SSSR count). The smallest absolute Gasteiger partial charge is 0.254 e. The van der Waals surface area contributed by atoms with Crippen LogP contribution in [0.4, 0.5) is 0 Å². The third-order valence-electron chi connectivity index (χ3n) is 4.35. The van der Waals surface area contributed by atoms with Gasteiger partial charge in [-0.15, -0.1) is 0 Å². The number of nitrogens with zero attached hydrogens (tertiary/aromatic N) is 1. The van der Waals surface area contributed by atoms with Crippen molar-refractivity contribution in [2.45, 2.75) is 25.8 Å². The van der Waals surface area contributed by atoms with Crippen LogP contribution in [-0.2, 0) is 0 Å². The zero-order valence-corrected chi connectivity index (χ0v) is 11.9. The first kappa shape index (κ1) is 12.9. The van der Waals surface area contributed by atoms with Crippen LogP contribution in [0.1, 0.15) is 28.8 Å². The molecule has 1 amide bonds. The molecule has 0 radical (unpaired) electrons. The lowest BCUT2D eigenvalue weighted by atomic mass is 9.99. The van der Waals surface area contributed by atoms with Gasteiger partial charge in [-0.3, -0.25) is 4.79 Å². The highest BCUT2D eigenvalue weighted by atomic mass is 35.5.